The molecule has 0 atom stereocenters. The molecule has 2 heterocycles. The number of likely N-dealkylation sites (N-methyl/N-ethyl adjacent to an activating group) is 1. The molecule has 0 unspecified atom stereocenters. The number of carbonyl (C=O) groups excluding carboxylic acids is 1. The fraction of sp³-hybridized carbons (Fsp3) is 0.323. The number of halogens is 2. The van der Waals surface area contributed by atoms with E-state index < -0.39 is 0 Å². The van der Waals surface area contributed by atoms with Crippen molar-refractivity contribution in [2.45, 2.75) is 17.8 Å². The van der Waals surface area contributed by atoms with Crippen LogP contribution in [-0.4, -0.2) is 71.5 Å². The molecule has 0 bridgehead atoms. The average molecular weight is 616 g/mol. The van der Waals surface area contributed by atoms with Gasteiger partial charge < -0.3 is 9.64 Å². The molecule has 1 aliphatic heterocycles. The molecule has 41 heavy (non-hydrogen) atoms. The minimum absolute atomic E-state index is 0. The molecule has 218 valence electrons. The lowest BCUT2D eigenvalue weighted by Crippen LogP contribution is -2.45. The Kier molecular flexibility index (Phi) is 11.8. The van der Waals surface area contributed by atoms with E-state index in [0.29, 0.717) is 39.5 Å². The molecule has 1 fully saturated rings. The Labute approximate surface area is 257 Å². The van der Waals surface area contributed by atoms with Gasteiger partial charge in [0, 0.05) is 56.7 Å². The number of rotatable bonds is 9. The van der Waals surface area contributed by atoms with Crippen molar-refractivity contribution in [3.63, 3.8) is 0 Å². The number of piperazine rings is 1. The number of hydrogen-bond acceptors (Lipinski definition) is 7. The number of ether oxygens (including phenoxy) is 1. The number of carbonyl (C=O) groups is 1. The largest absolute Gasteiger partial charge is 0.492 e. The zero-order valence-corrected chi connectivity index (χ0v) is 26.0. The Morgan fingerprint density at radius 3 is 2.20 bits per heavy atom. The van der Waals surface area contributed by atoms with E-state index in [4.69, 9.17) is 9.72 Å². The van der Waals surface area contributed by atoms with E-state index in [9.17, 15) is 9.59 Å². The van der Waals surface area contributed by atoms with Crippen molar-refractivity contribution in [2.75, 3.05) is 46.4 Å². The van der Waals surface area contributed by atoms with Crippen LogP contribution in [-0.2, 0) is 12.8 Å². The zero-order valence-electron chi connectivity index (χ0n) is 23.5. The van der Waals surface area contributed by atoms with Crippen molar-refractivity contribution >= 4 is 53.3 Å². The third-order valence-electron chi connectivity index (χ3n) is 7.25. The molecule has 4 aromatic rings. The summed E-state index contributed by atoms with van der Waals surface area (Å²) in [6, 6.07) is 20.7. The van der Waals surface area contributed by atoms with E-state index in [1.807, 2.05) is 73.7 Å². The number of fused-ring (bicyclic) bond motifs is 1. The third kappa shape index (κ3) is 7.90. The molecule has 7 nitrogen and oxygen atoms in total. The van der Waals surface area contributed by atoms with Gasteiger partial charge in [-0.05, 0) is 55.4 Å². The van der Waals surface area contributed by atoms with Crippen LogP contribution in [0.15, 0.2) is 76.7 Å². The molecule has 0 spiro atoms. The van der Waals surface area contributed by atoms with Crippen molar-refractivity contribution in [3.8, 4) is 5.75 Å². The van der Waals surface area contributed by atoms with Crippen LogP contribution in [0.25, 0.3) is 10.9 Å². The number of ketones is 1. The van der Waals surface area contributed by atoms with Crippen molar-refractivity contribution in [2.24, 2.45) is 7.05 Å². The minimum atomic E-state index is -0.0343. The van der Waals surface area contributed by atoms with E-state index in [-0.39, 0.29) is 36.2 Å². The normalized spacial score (nSPS) is 13.8. The summed E-state index contributed by atoms with van der Waals surface area (Å²) in [5, 5.41) is 1.33. The maximum absolute atomic E-state index is 13.0. The quantitative estimate of drug-likeness (QED) is 0.145. The lowest BCUT2D eigenvalue weighted by Gasteiger charge is -2.32. The molecule has 5 rings (SSSR count). The zero-order chi connectivity index (χ0) is 27.4. The summed E-state index contributed by atoms with van der Waals surface area (Å²) in [7, 11) is 3.91. The first-order valence-corrected chi connectivity index (χ1v) is 14.2. The van der Waals surface area contributed by atoms with E-state index in [0.717, 1.165) is 49.6 Å². The number of aromatic nitrogens is 2. The van der Waals surface area contributed by atoms with Crippen LogP contribution in [0.1, 0.15) is 27.0 Å². The van der Waals surface area contributed by atoms with Gasteiger partial charge in [0.25, 0.3) is 5.56 Å². The van der Waals surface area contributed by atoms with Gasteiger partial charge in [-0.15, -0.1) is 24.8 Å². The SMILES string of the molecule is Cc1cccc2nc(SCc3ccc(C(=O)c4ccc(OCCN5CCN(C)CC5)cc4)cc3)n(C)c(=O)c12.Cl.Cl. The molecule has 0 amide bonds. The van der Waals surface area contributed by atoms with Gasteiger partial charge in [-0.1, -0.05) is 48.2 Å². The average Bonchev–Trinajstić information content (AvgIpc) is 2.95. The fourth-order valence-corrected chi connectivity index (χ4v) is 5.65. The van der Waals surface area contributed by atoms with Crippen LogP contribution in [0.2, 0.25) is 0 Å². The standard InChI is InChI=1S/C31H34N4O3S.2ClH/c1-22-5-4-6-27-28(22)30(37)34(3)31(32-27)39-21-23-7-9-24(10-8-23)29(36)25-11-13-26(14-12-25)38-20-19-35-17-15-33(2)16-18-35;;/h4-14H,15-21H2,1-3H3;2*1H. The smallest absolute Gasteiger partial charge is 0.262 e. The number of nitrogens with zero attached hydrogens (tertiary/aromatic N) is 4. The Hall–Kier alpha value is -2.88. The minimum Gasteiger partial charge on any atom is -0.492 e. The van der Waals surface area contributed by atoms with Crippen LogP contribution in [0.3, 0.4) is 0 Å². The Bertz CT molecular complexity index is 1520. The number of hydrogen-bond donors (Lipinski definition) is 0. The fourth-order valence-electron chi connectivity index (χ4n) is 4.72. The Morgan fingerprint density at radius 1 is 0.902 bits per heavy atom. The lowest BCUT2D eigenvalue weighted by atomic mass is 10.0. The first-order valence-electron chi connectivity index (χ1n) is 13.3. The van der Waals surface area contributed by atoms with Crippen LogP contribution in [0.4, 0.5) is 0 Å². The monoisotopic (exact) mass is 614 g/mol. The first kappa shape index (κ1) is 32.6. The molecule has 1 saturated heterocycles. The maximum Gasteiger partial charge on any atom is 0.262 e. The summed E-state index contributed by atoms with van der Waals surface area (Å²) >= 11 is 1.51. The van der Waals surface area contributed by atoms with Gasteiger partial charge in [0.1, 0.15) is 12.4 Å². The molecule has 0 N–H and O–H groups in total. The van der Waals surface area contributed by atoms with Crippen LogP contribution in [0.5, 0.6) is 5.75 Å². The first-order chi connectivity index (χ1) is 18.9. The summed E-state index contributed by atoms with van der Waals surface area (Å²) in [6.07, 6.45) is 0. The van der Waals surface area contributed by atoms with Gasteiger partial charge in [0.15, 0.2) is 10.9 Å². The molecule has 10 heteroatoms. The van der Waals surface area contributed by atoms with Crippen LogP contribution >= 0.6 is 36.6 Å². The van der Waals surface area contributed by atoms with Crippen LogP contribution in [0, 0.1) is 6.92 Å². The summed E-state index contributed by atoms with van der Waals surface area (Å²) in [6.45, 7) is 7.82. The van der Waals surface area contributed by atoms with Gasteiger partial charge in [-0.25, -0.2) is 4.98 Å². The highest BCUT2D eigenvalue weighted by atomic mass is 35.5. The van der Waals surface area contributed by atoms with Crippen molar-refractivity contribution < 1.29 is 9.53 Å². The van der Waals surface area contributed by atoms with Crippen LogP contribution < -0.4 is 10.3 Å². The topological polar surface area (TPSA) is 67.7 Å². The van der Waals surface area contributed by atoms with Gasteiger partial charge in [-0.3, -0.25) is 19.1 Å². The summed E-state index contributed by atoms with van der Waals surface area (Å²) in [5.41, 5.74) is 3.94. The molecule has 1 aliphatic rings. The Balaban J connectivity index is 0.00000231. The molecule has 1 aromatic heterocycles. The number of thioether (sulfide) groups is 1. The van der Waals surface area contributed by atoms with E-state index >= 15 is 0 Å². The number of aryl methyl sites for hydroxylation is 1. The molecule has 0 radical (unpaired) electrons. The van der Waals surface area contributed by atoms with E-state index in [2.05, 4.69) is 16.8 Å². The van der Waals surface area contributed by atoms with Crippen molar-refractivity contribution in [3.05, 3.63) is 99.3 Å². The third-order valence-corrected chi connectivity index (χ3v) is 8.35. The molecule has 3 aromatic carbocycles. The Morgan fingerprint density at radius 2 is 1.54 bits per heavy atom. The second kappa shape index (κ2) is 14.8. The molecular weight excluding hydrogens is 579 g/mol. The molecule has 0 saturated carbocycles. The van der Waals surface area contributed by atoms with Gasteiger partial charge >= 0.3 is 0 Å². The van der Waals surface area contributed by atoms with Gasteiger partial charge in [-0.2, -0.15) is 0 Å². The summed E-state index contributed by atoms with van der Waals surface area (Å²) in [5.74, 6) is 1.40. The van der Waals surface area contributed by atoms with Crippen molar-refractivity contribution in [1.29, 1.82) is 0 Å². The van der Waals surface area contributed by atoms with E-state index in [1.54, 1.807) is 11.6 Å². The summed E-state index contributed by atoms with van der Waals surface area (Å²) in [4.78, 5) is 35.3. The molecule has 0 aliphatic carbocycles. The van der Waals surface area contributed by atoms with Gasteiger partial charge in [0.2, 0.25) is 0 Å². The lowest BCUT2D eigenvalue weighted by molar-refractivity contribution is 0.103. The predicted octanol–water partition coefficient (Wildman–Crippen LogP) is 5.24. The second-order valence-corrected chi connectivity index (χ2v) is 11.0. The highest BCUT2D eigenvalue weighted by Crippen LogP contribution is 2.23. The number of benzene rings is 3. The predicted molar refractivity (Wildman–Crippen MR) is 172 cm³/mol. The van der Waals surface area contributed by atoms with E-state index in [1.165, 1.54) is 11.8 Å². The second-order valence-electron chi connectivity index (χ2n) is 10.1. The van der Waals surface area contributed by atoms with Gasteiger partial charge in [0.05, 0.1) is 10.9 Å². The highest BCUT2D eigenvalue weighted by Gasteiger charge is 2.14. The summed E-state index contributed by atoms with van der Waals surface area (Å²) < 4.78 is 7.51. The highest BCUT2D eigenvalue weighted by molar-refractivity contribution is 7.98. The molecular formula is C31H36Cl2N4O3S. The maximum atomic E-state index is 13.0. The van der Waals surface area contributed by atoms with Crippen molar-refractivity contribution in [1.82, 2.24) is 19.4 Å².